The van der Waals surface area contributed by atoms with Crippen LogP contribution in [0.1, 0.15) is 57.6 Å². The second-order valence-electron chi connectivity index (χ2n) is 9.84. The summed E-state index contributed by atoms with van der Waals surface area (Å²) < 4.78 is 48.9. The van der Waals surface area contributed by atoms with Gasteiger partial charge in [-0.05, 0) is 68.7 Å². The number of ether oxygens (including phenoxy) is 1. The van der Waals surface area contributed by atoms with Crippen molar-refractivity contribution in [2.45, 2.75) is 52.1 Å². The molecule has 0 bridgehead atoms. The lowest BCUT2D eigenvalue weighted by Crippen LogP contribution is -2.39. The van der Waals surface area contributed by atoms with E-state index in [-0.39, 0.29) is 18.6 Å². The molecule has 0 saturated carbocycles. The molecule has 1 fully saturated rings. The Bertz CT molecular complexity index is 1450. The molecule has 200 valence electrons. The molecule has 10 heteroatoms. The molecule has 0 radical (unpaired) electrons. The van der Waals surface area contributed by atoms with Crippen molar-refractivity contribution in [1.82, 2.24) is 24.2 Å². The van der Waals surface area contributed by atoms with Gasteiger partial charge in [0, 0.05) is 37.5 Å². The summed E-state index contributed by atoms with van der Waals surface area (Å²) in [6.07, 6.45) is -3.09. The van der Waals surface area contributed by atoms with Gasteiger partial charge in [-0.1, -0.05) is 12.1 Å². The summed E-state index contributed by atoms with van der Waals surface area (Å²) in [6.45, 7) is 5.91. The number of hydrogen-bond acceptors (Lipinski definition) is 4. The van der Waals surface area contributed by atoms with Gasteiger partial charge >= 0.3 is 6.18 Å². The summed E-state index contributed by atoms with van der Waals surface area (Å²) in [4.78, 5) is 19.5. The Kier molecular flexibility index (Phi) is 7.00. The van der Waals surface area contributed by atoms with Crippen molar-refractivity contribution in [1.29, 1.82) is 0 Å². The molecule has 0 unspecified atom stereocenters. The van der Waals surface area contributed by atoms with Gasteiger partial charge in [0.1, 0.15) is 12.4 Å². The predicted molar refractivity (Wildman–Crippen MR) is 137 cm³/mol. The van der Waals surface area contributed by atoms with E-state index in [0.717, 1.165) is 29.1 Å². The Morgan fingerprint density at radius 2 is 1.76 bits per heavy atom. The number of aryl methyl sites for hydroxylation is 2. The summed E-state index contributed by atoms with van der Waals surface area (Å²) in [7, 11) is 1.54. The fourth-order valence-corrected chi connectivity index (χ4v) is 5.23. The van der Waals surface area contributed by atoms with Gasteiger partial charge in [-0.25, -0.2) is 4.98 Å². The Balaban J connectivity index is 1.28. The number of amides is 1. The van der Waals surface area contributed by atoms with Gasteiger partial charge in [0.05, 0.1) is 28.8 Å². The lowest BCUT2D eigenvalue weighted by atomic mass is 10.0. The van der Waals surface area contributed by atoms with Crippen molar-refractivity contribution in [3.05, 3.63) is 82.4 Å². The van der Waals surface area contributed by atoms with E-state index in [0.29, 0.717) is 54.9 Å². The SMILES string of the molecule is COCc1nc2cc(C(F)(F)F)ccc2n1C1CCN(C(=O)c2ccc(Cn3nc(C)cc3C)cc2)CC1. The molecule has 0 atom stereocenters. The molecule has 0 spiro atoms. The van der Waals surface area contributed by atoms with E-state index in [1.54, 1.807) is 0 Å². The number of halogens is 3. The third-order valence-electron chi connectivity index (χ3n) is 7.12. The summed E-state index contributed by atoms with van der Waals surface area (Å²) in [6, 6.07) is 13.3. The zero-order valence-electron chi connectivity index (χ0n) is 21.6. The van der Waals surface area contributed by atoms with Crippen molar-refractivity contribution < 1.29 is 22.7 Å². The number of hydrogen-bond donors (Lipinski definition) is 0. The smallest absolute Gasteiger partial charge is 0.377 e. The molecule has 2 aromatic carbocycles. The van der Waals surface area contributed by atoms with E-state index in [1.165, 1.54) is 13.2 Å². The third-order valence-corrected chi connectivity index (χ3v) is 7.12. The third kappa shape index (κ3) is 5.18. The van der Waals surface area contributed by atoms with Crippen LogP contribution in [0.5, 0.6) is 0 Å². The summed E-state index contributed by atoms with van der Waals surface area (Å²) in [5.41, 5.74) is 3.98. The summed E-state index contributed by atoms with van der Waals surface area (Å²) in [5.74, 6) is 0.563. The highest BCUT2D eigenvalue weighted by Crippen LogP contribution is 2.34. The minimum Gasteiger partial charge on any atom is -0.377 e. The molecule has 0 aliphatic carbocycles. The van der Waals surface area contributed by atoms with Gasteiger partial charge in [0.2, 0.25) is 0 Å². The van der Waals surface area contributed by atoms with Crippen LogP contribution in [0.15, 0.2) is 48.5 Å². The number of aromatic nitrogens is 4. The van der Waals surface area contributed by atoms with Crippen LogP contribution >= 0.6 is 0 Å². The highest BCUT2D eigenvalue weighted by Gasteiger charge is 2.32. The maximum Gasteiger partial charge on any atom is 0.416 e. The second-order valence-corrected chi connectivity index (χ2v) is 9.84. The first kappa shape index (κ1) is 26.0. The molecular weight excluding hydrogens is 495 g/mol. The molecule has 0 N–H and O–H groups in total. The number of imidazole rings is 1. The van der Waals surface area contributed by atoms with Crippen LogP contribution in [0.2, 0.25) is 0 Å². The number of carbonyl (C=O) groups excluding carboxylic acids is 1. The second kappa shape index (κ2) is 10.2. The van der Waals surface area contributed by atoms with E-state index in [9.17, 15) is 18.0 Å². The monoisotopic (exact) mass is 525 g/mol. The number of nitrogens with zero attached hydrogens (tertiary/aromatic N) is 5. The molecule has 1 saturated heterocycles. The van der Waals surface area contributed by atoms with Crippen LogP contribution < -0.4 is 0 Å². The Hall–Kier alpha value is -3.66. The first-order valence-corrected chi connectivity index (χ1v) is 12.6. The molecule has 3 heterocycles. The number of methoxy groups -OCH3 is 1. The number of rotatable bonds is 6. The number of likely N-dealkylation sites (tertiary alicyclic amines) is 1. The lowest BCUT2D eigenvalue weighted by molar-refractivity contribution is -0.137. The van der Waals surface area contributed by atoms with E-state index in [1.807, 2.05) is 58.3 Å². The lowest BCUT2D eigenvalue weighted by Gasteiger charge is -2.33. The van der Waals surface area contributed by atoms with Crippen molar-refractivity contribution in [2.75, 3.05) is 20.2 Å². The van der Waals surface area contributed by atoms with E-state index >= 15 is 0 Å². The molecule has 1 aliphatic rings. The molecule has 2 aromatic heterocycles. The number of alkyl halides is 3. The van der Waals surface area contributed by atoms with E-state index < -0.39 is 11.7 Å². The van der Waals surface area contributed by atoms with E-state index in [4.69, 9.17) is 4.74 Å². The van der Waals surface area contributed by atoms with Crippen molar-refractivity contribution in [3.8, 4) is 0 Å². The van der Waals surface area contributed by atoms with Crippen LogP contribution in [0.4, 0.5) is 13.2 Å². The van der Waals surface area contributed by atoms with Crippen molar-refractivity contribution in [2.24, 2.45) is 0 Å². The van der Waals surface area contributed by atoms with Gasteiger partial charge < -0.3 is 14.2 Å². The molecule has 7 nitrogen and oxygen atoms in total. The van der Waals surface area contributed by atoms with Gasteiger partial charge in [-0.15, -0.1) is 0 Å². The molecule has 5 rings (SSSR count). The maximum absolute atomic E-state index is 13.2. The highest BCUT2D eigenvalue weighted by molar-refractivity contribution is 5.94. The van der Waals surface area contributed by atoms with Gasteiger partial charge in [-0.3, -0.25) is 9.48 Å². The average molecular weight is 526 g/mol. The van der Waals surface area contributed by atoms with Crippen molar-refractivity contribution in [3.63, 3.8) is 0 Å². The van der Waals surface area contributed by atoms with E-state index in [2.05, 4.69) is 10.1 Å². The Morgan fingerprint density at radius 3 is 2.37 bits per heavy atom. The molecular formula is C28H30F3N5O2. The quantitative estimate of drug-likeness (QED) is 0.332. The van der Waals surface area contributed by atoms with Gasteiger partial charge in [0.25, 0.3) is 5.91 Å². The number of fused-ring (bicyclic) bond motifs is 1. The molecule has 1 amide bonds. The van der Waals surface area contributed by atoms with Gasteiger partial charge in [0.15, 0.2) is 0 Å². The minimum atomic E-state index is -4.43. The maximum atomic E-state index is 13.2. The summed E-state index contributed by atoms with van der Waals surface area (Å²) in [5, 5.41) is 4.49. The molecule has 4 aromatic rings. The zero-order chi connectivity index (χ0) is 27.0. The topological polar surface area (TPSA) is 65.2 Å². The Labute approximate surface area is 218 Å². The average Bonchev–Trinajstić information content (AvgIpc) is 3.41. The predicted octanol–water partition coefficient (Wildman–Crippen LogP) is 5.54. The first-order chi connectivity index (χ1) is 18.1. The summed E-state index contributed by atoms with van der Waals surface area (Å²) >= 11 is 0. The van der Waals surface area contributed by atoms with Gasteiger partial charge in [-0.2, -0.15) is 18.3 Å². The van der Waals surface area contributed by atoms with Crippen molar-refractivity contribution >= 4 is 16.9 Å². The molecule has 1 aliphatic heterocycles. The van der Waals surface area contributed by atoms with Crippen LogP contribution in [0, 0.1) is 13.8 Å². The fraction of sp³-hybridized carbons (Fsp3) is 0.393. The van der Waals surface area contributed by atoms with Crippen LogP contribution in [0.3, 0.4) is 0 Å². The standard InChI is InChI=1S/C28H30F3N5O2/c1-18-14-19(2)35(33-18)16-20-4-6-21(7-5-20)27(37)34-12-10-23(11-13-34)36-25-9-8-22(28(29,30)31)15-24(25)32-26(36)17-38-3/h4-9,14-15,23H,10-13,16-17H2,1-3H3. The number of carbonyl (C=O) groups is 1. The normalized spacial score (nSPS) is 14.9. The minimum absolute atomic E-state index is 0.00841. The zero-order valence-corrected chi connectivity index (χ0v) is 21.6. The Morgan fingerprint density at radius 1 is 1.05 bits per heavy atom. The highest BCUT2D eigenvalue weighted by atomic mass is 19.4. The number of piperidine rings is 1. The number of benzene rings is 2. The van der Waals surface area contributed by atoms with Crippen LogP contribution in [0.25, 0.3) is 11.0 Å². The first-order valence-electron chi connectivity index (χ1n) is 12.6. The largest absolute Gasteiger partial charge is 0.416 e. The molecule has 38 heavy (non-hydrogen) atoms. The fourth-order valence-electron chi connectivity index (χ4n) is 5.23. The van der Waals surface area contributed by atoms with Crippen LogP contribution in [-0.2, 0) is 24.1 Å². The van der Waals surface area contributed by atoms with Crippen LogP contribution in [-0.4, -0.2) is 50.3 Å².